The van der Waals surface area contributed by atoms with Crippen molar-refractivity contribution >= 4 is 5.91 Å². The van der Waals surface area contributed by atoms with E-state index in [-0.39, 0.29) is 18.6 Å². The maximum atomic E-state index is 12.5. The van der Waals surface area contributed by atoms with Crippen LogP contribution in [-0.4, -0.2) is 43.2 Å². The normalized spacial score (nSPS) is 17.1. The van der Waals surface area contributed by atoms with Gasteiger partial charge in [0, 0.05) is 26.1 Å². The van der Waals surface area contributed by atoms with Gasteiger partial charge in [0.05, 0.1) is 6.10 Å². The number of hydrogen-bond donors (Lipinski definition) is 0. The van der Waals surface area contributed by atoms with E-state index in [1.807, 2.05) is 48.2 Å². The molecule has 4 nitrogen and oxygen atoms in total. The van der Waals surface area contributed by atoms with Crippen molar-refractivity contribution in [2.24, 2.45) is 0 Å². The van der Waals surface area contributed by atoms with E-state index in [9.17, 15) is 4.79 Å². The minimum atomic E-state index is 0.0314. The van der Waals surface area contributed by atoms with Crippen molar-refractivity contribution < 1.29 is 14.3 Å². The molecule has 0 spiro atoms. The highest BCUT2D eigenvalue weighted by Gasteiger charge is 2.24. The number of benzene rings is 2. The van der Waals surface area contributed by atoms with Crippen molar-refractivity contribution in [3.63, 3.8) is 0 Å². The van der Waals surface area contributed by atoms with Crippen LogP contribution in [0, 0.1) is 0 Å². The molecule has 0 bridgehead atoms. The van der Waals surface area contributed by atoms with E-state index in [0.717, 1.165) is 37.1 Å². The lowest BCUT2D eigenvalue weighted by Crippen LogP contribution is -2.45. The van der Waals surface area contributed by atoms with Crippen LogP contribution in [0.4, 0.5) is 0 Å². The highest BCUT2D eigenvalue weighted by atomic mass is 16.5. The third-order valence-corrected chi connectivity index (χ3v) is 4.69. The highest BCUT2D eigenvalue weighted by molar-refractivity contribution is 5.78. The van der Waals surface area contributed by atoms with Crippen molar-refractivity contribution in [2.75, 3.05) is 26.3 Å². The molecular formula is C22H27NO3. The Kier molecular flexibility index (Phi) is 6.67. The molecule has 1 atom stereocenters. The van der Waals surface area contributed by atoms with Crippen molar-refractivity contribution in [3.8, 4) is 5.75 Å². The largest absolute Gasteiger partial charge is 0.483 e. The molecule has 0 aliphatic carbocycles. The molecule has 2 aromatic carbocycles. The maximum absolute atomic E-state index is 12.5. The molecule has 26 heavy (non-hydrogen) atoms. The summed E-state index contributed by atoms with van der Waals surface area (Å²) in [4.78, 5) is 14.4. The number of hydrogen-bond acceptors (Lipinski definition) is 3. The number of carbonyl (C=O) groups excluding carboxylic acids is 1. The van der Waals surface area contributed by atoms with Gasteiger partial charge in [-0.1, -0.05) is 48.5 Å². The number of piperidine rings is 1. The minimum absolute atomic E-state index is 0.0314. The summed E-state index contributed by atoms with van der Waals surface area (Å²) in [6.45, 7) is 4.22. The monoisotopic (exact) mass is 353 g/mol. The molecule has 1 heterocycles. The second-order valence-corrected chi connectivity index (χ2v) is 6.62. The molecule has 2 aromatic rings. The predicted octanol–water partition coefficient (Wildman–Crippen LogP) is 3.68. The number of para-hydroxylation sites is 1. The van der Waals surface area contributed by atoms with E-state index < -0.39 is 0 Å². The van der Waals surface area contributed by atoms with Crippen LogP contribution in [0.3, 0.4) is 0 Å². The zero-order chi connectivity index (χ0) is 18.2. The summed E-state index contributed by atoms with van der Waals surface area (Å²) < 4.78 is 11.6. The smallest absolute Gasteiger partial charge is 0.260 e. The van der Waals surface area contributed by atoms with Crippen molar-refractivity contribution in [2.45, 2.75) is 32.3 Å². The Morgan fingerprint density at radius 1 is 1.12 bits per heavy atom. The van der Waals surface area contributed by atoms with Gasteiger partial charge >= 0.3 is 0 Å². The summed E-state index contributed by atoms with van der Waals surface area (Å²) in [5.41, 5.74) is 2.32. The van der Waals surface area contributed by atoms with Crippen LogP contribution in [-0.2, 0) is 16.0 Å². The van der Waals surface area contributed by atoms with Crippen LogP contribution in [0.15, 0.2) is 54.6 Å². The standard InChI is InChI=1S/C22H27NO3/c1-2-25-20-12-8-14-23(16-20)22(24)17-26-21-13-7-6-11-19(21)15-18-9-4-3-5-10-18/h3-7,9-11,13,20H,2,8,12,14-17H2,1H3. The Labute approximate surface area is 155 Å². The Hall–Kier alpha value is -2.33. The Balaban J connectivity index is 1.58. The van der Waals surface area contributed by atoms with Gasteiger partial charge in [-0.25, -0.2) is 0 Å². The fourth-order valence-corrected chi connectivity index (χ4v) is 3.37. The summed E-state index contributed by atoms with van der Waals surface area (Å²) in [6, 6.07) is 18.2. The summed E-state index contributed by atoms with van der Waals surface area (Å²) >= 11 is 0. The lowest BCUT2D eigenvalue weighted by molar-refractivity contribution is -0.137. The molecule has 1 unspecified atom stereocenters. The zero-order valence-corrected chi connectivity index (χ0v) is 15.4. The second kappa shape index (κ2) is 9.39. The van der Waals surface area contributed by atoms with Crippen LogP contribution in [0.1, 0.15) is 30.9 Å². The van der Waals surface area contributed by atoms with E-state index in [1.165, 1.54) is 5.56 Å². The zero-order valence-electron chi connectivity index (χ0n) is 15.4. The molecule has 3 rings (SSSR count). The Morgan fingerprint density at radius 3 is 2.69 bits per heavy atom. The van der Waals surface area contributed by atoms with Crippen LogP contribution >= 0.6 is 0 Å². The number of carbonyl (C=O) groups is 1. The van der Waals surface area contributed by atoms with E-state index in [4.69, 9.17) is 9.47 Å². The first kappa shape index (κ1) is 18.5. The first-order valence-electron chi connectivity index (χ1n) is 9.40. The van der Waals surface area contributed by atoms with Crippen LogP contribution in [0.2, 0.25) is 0 Å². The molecule has 1 aliphatic rings. The van der Waals surface area contributed by atoms with Crippen molar-refractivity contribution in [1.29, 1.82) is 0 Å². The van der Waals surface area contributed by atoms with Gasteiger partial charge in [-0.2, -0.15) is 0 Å². The predicted molar refractivity (Wildman–Crippen MR) is 102 cm³/mol. The Bertz CT molecular complexity index is 700. The van der Waals surface area contributed by atoms with Gasteiger partial charge in [0.1, 0.15) is 5.75 Å². The highest BCUT2D eigenvalue weighted by Crippen LogP contribution is 2.22. The molecule has 4 heteroatoms. The molecule has 1 saturated heterocycles. The number of rotatable bonds is 7. The molecule has 1 fully saturated rings. The first-order valence-corrected chi connectivity index (χ1v) is 9.40. The lowest BCUT2D eigenvalue weighted by atomic mass is 10.0. The summed E-state index contributed by atoms with van der Waals surface area (Å²) in [5.74, 6) is 0.812. The fraction of sp³-hybridized carbons (Fsp3) is 0.409. The van der Waals surface area contributed by atoms with Gasteiger partial charge in [0.15, 0.2) is 6.61 Å². The number of nitrogens with zero attached hydrogens (tertiary/aromatic N) is 1. The second-order valence-electron chi connectivity index (χ2n) is 6.62. The molecule has 138 valence electrons. The van der Waals surface area contributed by atoms with Crippen molar-refractivity contribution in [1.82, 2.24) is 4.90 Å². The fourth-order valence-electron chi connectivity index (χ4n) is 3.37. The van der Waals surface area contributed by atoms with Crippen LogP contribution < -0.4 is 4.74 Å². The maximum Gasteiger partial charge on any atom is 0.260 e. The van der Waals surface area contributed by atoms with Crippen LogP contribution in [0.25, 0.3) is 0 Å². The number of likely N-dealkylation sites (tertiary alicyclic amines) is 1. The lowest BCUT2D eigenvalue weighted by Gasteiger charge is -2.32. The van der Waals surface area contributed by atoms with E-state index in [0.29, 0.717) is 13.2 Å². The molecule has 0 saturated carbocycles. The minimum Gasteiger partial charge on any atom is -0.483 e. The van der Waals surface area contributed by atoms with Gasteiger partial charge in [0.2, 0.25) is 0 Å². The van der Waals surface area contributed by atoms with Gasteiger partial charge in [-0.3, -0.25) is 4.79 Å². The molecule has 0 aromatic heterocycles. The Morgan fingerprint density at radius 2 is 1.88 bits per heavy atom. The molecule has 1 aliphatic heterocycles. The average molecular weight is 353 g/mol. The molecule has 0 radical (unpaired) electrons. The summed E-state index contributed by atoms with van der Waals surface area (Å²) in [7, 11) is 0. The third-order valence-electron chi connectivity index (χ3n) is 4.69. The average Bonchev–Trinajstić information content (AvgIpc) is 2.68. The SMILES string of the molecule is CCOC1CCCN(C(=O)COc2ccccc2Cc2ccccc2)C1. The van der Waals surface area contributed by atoms with E-state index >= 15 is 0 Å². The summed E-state index contributed by atoms with van der Waals surface area (Å²) in [5, 5.41) is 0. The molecule has 0 N–H and O–H groups in total. The molecule has 1 amide bonds. The van der Waals surface area contributed by atoms with Gasteiger partial charge in [-0.05, 0) is 37.0 Å². The number of ether oxygens (including phenoxy) is 2. The van der Waals surface area contributed by atoms with Gasteiger partial charge in [0.25, 0.3) is 5.91 Å². The van der Waals surface area contributed by atoms with Gasteiger partial charge < -0.3 is 14.4 Å². The van der Waals surface area contributed by atoms with E-state index in [2.05, 4.69) is 18.2 Å². The topological polar surface area (TPSA) is 38.8 Å². The van der Waals surface area contributed by atoms with Crippen LogP contribution in [0.5, 0.6) is 5.75 Å². The van der Waals surface area contributed by atoms with Crippen molar-refractivity contribution in [3.05, 3.63) is 65.7 Å². The van der Waals surface area contributed by atoms with Gasteiger partial charge in [-0.15, -0.1) is 0 Å². The van der Waals surface area contributed by atoms with E-state index in [1.54, 1.807) is 0 Å². The third kappa shape index (κ3) is 5.09. The molecular weight excluding hydrogens is 326 g/mol. The summed E-state index contributed by atoms with van der Waals surface area (Å²) in [6.07, 6.45) is 2.96. The first-order chi connectivity index (χ1) is 12.8. The quantitative estimate of drug-likeness (QED) is 0.762. The number of amides is 1.